The molecule has 0 saturated carbocycles. The van der Waals surface area contributed by atoms with Crippen molar-refractivity contribution in [3.8, 4) is 0 Å². The predicted octanol–water partition coefficient (Wildman–Crippen LogP) is 0.526. The summed E-state index contributed by atoms with van der Waals surface area (Å²) in [5, 5.41) is 0. The molecule has 0 unspecified atom stereocenters. The van der Waals surface area contributed by atoms with Crippen LogP contribution in [0.5, 0.6) is 0 Å². The van der Waals surface area contributed by atoms with Gasteiger partial charge in [-0.15, -0.1) is 0 Å². The van der Waals surface area contributed by atoms with Gasteiger partial charge in [0.25, 0.3) is 0 Å². The van der Waals surface area contributed by atoms with E-state index in [4.69, 9.17) is 10.5 Å². The maximum Gasteiger partial charge on any atom is 0.246 e. The highest BCUT2D eigenvalue weighted by molar-refractivity contribution is 5.87. The fourth-order valence-electron chi connectivity index (χ4n) is 1.80. The summed E-state index contributed by atoms with van der Waals surface area (Å²) in [4.78, 5) is 13.3. The van der Waals surface area contributed by atoms with Crippen molar-refractivity contribution < 1.29 is 9.53 Å². The molecular formula is C11H20N2O2. The van der Waals surface area contributed by atoms with Gasteiger partial charge in [0.1, 0.15) is 0 Å². The first kappa shape index (κ1) is 12.2. The van der Waals surface area contributed by atoms with Gasteiger partial charge in [0.2, 0.25) is 5.91 Å². The summed E-state index contributed by atoms with van der Waals surface area (Å²) >= 11 is 0. The standard InChI is InChI=1S/C11H20N2O2/c1-4-11(14)13-6-9(12)5-10(13)7-15-8(2)3/h4,8-10H,1,5-7,12H2,2-3H3/t9-,10+/m0/s1. The van der Waals surface area contributed by atoms with Crippen LogP contribution >= 0.6 is 0 Å². The normalized spacial score (nSPS) is 26.0. The number of nitrogens with two attached hydrogens (primary N) is 1. The molecule has 1 fully saturated rings. The Morgan fingerprint density at radius 2 is 2.40 bits per heavy atom. The van der Waals surface area contributed by atoms with Crippen LogP contribution in [0.3, 0.4) is 0 Å². The highest BCUT2D eigenvalue weighted by Crippen LogP contribution is 2.17. The lowest BCUT2D eigenvalue weighted by molar-refractivity contribution is -0.128. The number of amides is 1. The molecule has 15 heavy (non-hydrogen) atoms. The average Bonchev–Trinajstić information content (AvgIpc) is 2.55. The van der Waals surface area contributed by atoms with Gasteiger partial charge in [-0.05, 0) is 26.3 Å². The topological polar surface area (TPSA) is 55.6 Å². The van der Waals surface area contributed by atoms with Gasteiger partial charge in [0, 0.05) is 12.6 Å². The molecule has 0 spiro atoms. The molecule has 0 aromatic heterocycles. The summed E-state index contributed by atoms with van der Waals surface area (Å²) in [5.74, 6) is -0.0553. The quantitative estimate of drug-likeness (QED) is 0.691. The molecule has 4 nitrogen and oxygen atoms in total. The second kappa shape index (κ2) is 5.28. The van der Waals surface area contributed by atoms with Crippen LogP contribution in [0, 0.1) is 0 Å². The predicted molar refractivity (Wildman–Crippen MR) is 59.4 cm³/mol. The summed E-state index contributed by atoms with van der Waals surface area (Å²) in [6.45, 7) is 8.62. The Balaban J connectivity index is 2.52. The molecule has 4 heteroatoms. The Morgan fingerprint density at radius 3 is 2.93 bits per heavy atom. The molecule has 1 saturated heterocycles. The second-order valence-corrected chi connectivity index (χ2v) is 4.23. The molecule has 1 aliphatic heterocycles. The third kappa shape index (κ3) is 3.32. The molecule has 2 N–H and O–H groups in total. The second-order valence-electron chi connectivity index (χ2n) is 4.23. The molecule has 2 atom stereocenters. The zero-order chi connectivity index (χ0) is 11.4. The van der Waals surface area contributed by atoms with Gasteiger partial charge >= 0.3 is 0 Å². The highest BCUT2D eigenvalue weighted by atomic mass is 16.5. The minimum Gasteiger partial charge on any atom is -0.377 e. The Hall–Kier alpha value is -0.870. The lowest BCUT2D eigenvalue weighted by Crippen LogP contribution is -2.38. The van der Waals surface area contributed by atoms with E-state index in [1.165, 1.54) is 6.08 Å². The van der Waals surface area contributed by atoms with E-state index in [1.807, 2.05) is 13.8 Å². The van der Waals surface area contributed by atoms with Crippen LogP contribution in [-0.4, -0.2) is 42.1 Å². The van der Waals surface area contributed by atoms with Gasteiger partial charge in [-0.3, -0.25) is 4.79 Å². The maximum atomic E-state index is 11.5. The molecular weight excluding hydrogens is 192 g/mol. The Bertz CT molecular complexity index is 241. The third-order valence-electron chi connectivity index (χ3n) is 2.53. The third-order valence-corrected chi connectivity index (χ3v) is 2.53. The SMILES string of the molecule is C=CC(=O)N1C[C@@H](N)C[C@@H]1COC(C)C. The first-order valence-electron chi connectivity index (χ1n) is 5.34. The fraction of sp³-hybridized carbons (Fsp3) is 0.727. The lowest BCUT2D eigenvalue weighted by Gasteiger charge is -2.23. The number of ether oxygens (including phenoxy) is 1. The van der Waals surface area contributed by atoms with Crippen LogP contribution in [0.4, 0.5) is 0 Å². The molecule has 0 bridgehead atoms. The molecule has 1 rings (SSSR count). The molecule has 1 heterocycles. The van der Waals surface area contributed by atoms with Crippen molar-refractivity contribution in [3.05, 3.63) is 12.7 Å². The molecule has 0 radical (unpaired) electrons. The van der Waals surface area contributed by atoms with E-state index in [0.29, 0.717) is 13.2 Å². The average molecular weight is 212 g/mol. The smallest absolute Gasteiger partial charge is 0.246 e. The number of hydrogen-bond donors (Lipinski definition) is 1. The Labute approximate surface area is 91.1 Å². The van der Waals surface area contributed by atoms with Crippen LogP contribution in [0.2, 0.25) is 0 Å². The molecule has 0 aromatic rings. The number of nitrogens with zero attached hydrogens (tertiary/aromatic N) is 1. The first-order valence-corrected chi connectivity index (χ1v) is 5.34. The van der Waals surface area contributed by atoms with Crippen molar-refractivity contribution in [3.63, 3.8) is 0 Å². The minimum atomic E-state index is -0.0553. The van der Waals surface area contributed by atoms with Crippen molar-refractivity contribution in [2.75, 3.05) is 13.2 Å². The first-order chi connectivity index (χ1) is 7.04. The Kier molecular flexibility index (Phi) is 4.29. The number of rotatable bonds is 4. The number of hydrogen-bond acceptors (Lipinski definition) is 3. The van der Waals surface area contributed by atoms with Gasteiger partial charge < -0.3 is 15.4 Å². The van der Waals surface area contributed by atoms with Gasteiger partial charge in [-0.1, -0.05) is 6.58 Å². The summed E-state index contributed by atoms with van der Waals surface area (Å²) < 4.78 is 5.52. The van der Waals surface area contributed by atoms with E-state index < -0.39 is 0 Å². The van der Waals surface area contributed by atoms with Crippen LogP contribution < -0.4 is 5.73 Å². The number of carbonyl (C=O) groups excluding carboxylic acids is 1. The van der Waals surface area contributed by atoms with E-state index in [9.17, 15) is 4.79 Å². The van der Waals surface area contributed by atoms with Crippen molar-refractivity contribution in [2.45, 2.75) is 38.5 Å². The molecule has 1 aliphatic rings. The van der Waals surface area contributed by atoms with E-state index in [0.717, 1.165) is 6.42 Å². The summed E-state index contributed by atoms with van der Waals surface area (Å²) in [6, 6.07) is 0.169. The van der Waals surface area contributed by atoms with Crippen LogP contribution in [0.1, 0.15) is 20.3 Å². The van der Waals surface area contributed by atoms with Crippen LogP contribution in [0.15, 0.2) is 12.7 Å². The van der Waals surface area contributed by atoms with Gasteiger partial charge in [0.15, 0.2) is 0 Å². The fourth-order valence-corrected chi connectivity index (χ4v) is 1.80. The van der Waals surface area contributed by atoms with E-state index in [-0.39, 0.29) is 24.1 Å². The monoisotopic (exact) mass is 212 g/mol. The largest absolute Gasteiger partial charge is 0.377 e. The van der Waals surface area contributed by atoms with E-state index >= 15 is 0 Å². The molecule has 0 aliphatic carbocycles. The molecule has 1 amide bonds. The van der Waals surface area contributed by atoms with Crippen molar-refractivity contribution >= 4 is 5.91 Å². The molecule has 86 valence electrons. The highest BCUT2D eigenvalue weighted by Gasteiger charge is 2.32. The number of likely N-dealkylation sites (tertiary alicyclic amines) is 1. The number of carbonyl (C=O) groups is 1. The van der Waals surface area contributed by atoms with E-state index in [1.54, 1.807) is 4.90 Å². The van der Waals surface area contributed by atoms with Crippen molar-refractivity contribution in [1.29, 1.82) is 0 Å². The zero-order valence-corrected chi connectivity index (χ0v) is 9.48. The summed E-state index contributed by atoms with van der Waals surface area (Å²) in [7, 11) is 0. The lowest BCUT2D eigenvalue weighted by atomic mass is 10.2. The van der Waals surface area contributed by atoms with Crippen molar-refractivity contribution in [1.82, 2.24) is 4.90 Å². The zero-order valence-electron chi connectivity index (χ0n) is 9.48. The van der Waals surface area contributed by atoms with Gasteiger partial charge in [-0.25, -0.2) is 0 Å². The van der Waals surface area contributed by atoms with Crippen LogP contribution in [-0.2, 0) is 9.53 Å². The van der Waals surface area contributed by atoms with E-state index in [2.05, 4.69) is 6.58 Å². The minimum absolute atomic E-state index is 0.0553. The summed E-state index contributed by atoms with van der Waals surface area (Å²) in [6.07, 6.45) is 2.33. The van der Waals surface area contributed by atoms with Gasteiger partial charge in [0.05, 0.1) is 18.8 Å². The van der Waals surface area contributed by atoms with Gasteiger partial charge in [-0.2, -0.15) is 0 Å². The maximum absolute atomic E-state index is 11.5. The Morgan fingerprint density at radius 1 is 1.73 bits per heavy atom. The summed E-state index contributed by atoms with van der Waals surface area (Å²) in [5.41, 5.74) is 5.83. The van der Waals surface area contributed by atoms with Crippen LogP contribution in [0.25, 0.3) is 0 Å². The van der Waals surface area contributed by atoms with Crippen molar-refractivity contribution in [2.24, 2.45) is 5.73 Å². The molecule has 0 aromatic carbocycles.